The Labute approximate surface area is 152 Å². The highest BCUT2D eigenvalue weighted by molar-refractivity contribution is 7.10. The molecule has 0 spiro atoms. The summed E-state index contributed by atoms with van der Waals surface area (Å²) in [5, 5.41) is 2.30. The minimum atomic E-state index is -0.834. The van der Waals surface area contributed by atoms with Gasteiger partial charge in [-0.3, -0.25) is 9.59 Å². The fourth-order valence-electron chi connectivity index (χ4n) is 3.25. The molecule has 2 aromatic heterocycles. The second-order valence-electron chi connectivity index (χ2n) is 5.94. The van der Waals surface area contributed by atoms with E-state index in [0.29, 0.717) is 23.9 Å². The van der Waals surface area contributed by atoms with Crippen LogP contribution in [0.2, 0.25) is 0 Å². The molecule has 4 rings (SSSR count). The van der Waals surface area contributed by atoms with Crippen molar-refractivity contribution in [1.82, 2.24) is 4.90 Å². The monoisotopic (exact) mass is 369 g/mol. The molecule has 0 N–H and O–H groups in total. The highest BCUT2D eigenvalue weighted by Crippen LogP contribution is 2.35. The molecule has 0 saturated carbocycles. The van der Waals surface area contributed by atoms with Crippen molar-refractivity contribution < 1.29 is 18.7 Å². The van der Waals surface area contributed by atoms with E-state index in [1.54, 1.807) is 35.6 Å². The summed E-state index contributed by atoms with van der Waals surface area (Å²) in [5.74, 6) is -1.10. The number of methoxy groups -OCH3 is 1. The van der Waals surface area contributed by atoms with E-state index in [1.165, 1.54) is 18.1 Å². The standard InChI is InChI=1S/C19H15NO5S/c1-24-19(23)17-12-7-9-26-16(12)6-8-20(17)18(22)15-10-13(21)11-4-2-3-5-14(11)25-15/h2-5,7,9-10,17H,6,8H2,1H3/t17-/m1/s1. The van der Waals surface area contributed by atoms with Crippen LogP contribution >= 0.6 is 11.3 Å². The predicted octanol–water partition coefficient (Wildman–Crippen LogP) is 2.77. The number of hydrogen-bond donors (Lipinski definition) is 0. The molecule has 132 valence electrons. The van der Waals surface area contributed by atoms with Crippen molar-refractivity contribution in [2.45, 2.75) is 12.5 Å². The molecule has 0 saturated heterocycles. The third kappa shape index (κ3) is 2.61. The zero-order valence-corrected chi connectivity index (χ0v) is 14.7. The molecule has 1 atom stereocenters. The van der Waals surface area contributed by atoms with Gasteiger partial charge in [-0.2, -0.15) is 0 Å². The number of fused-ring (bicyclic) bond motifs is 2. The summed E-state index contributed by atoms with van der Waals surface area (Å²) in [7, 11) is 1.29. The summed E-state index contributed by atoms with van der Waals surface area (Å²) in [6, 6.07) is 8.93. The number of benzene rings is 1. The Balaban J connectivity index is 1.78. The molecule has 1 aromatic carbocycles. The van der Waals surface area contributed by atoms with Crippen molar-refractivity contribution in [3.63, 3.8) is 0 Å². The van der Waals surface area contributed by atoms with Crippen LogP contribution in [-0.2, 0) is 16.0 Å². The number of carbonyl (C=O) groups is 2. The van der Waals surface area contributed by atoms with Crippen LogP contribution in [0, 0.1) is 0 Å². The van der Waals surface area contributed by atoms with Crippen molar-refractivity contribution in [3.8, 4) is 0 Å². The van der Waals surface area contributed by atoms with Crippen LogP contribution in [0.3, 0.4) is 0 Å². The number of amides is 1. The van der Waals surface area contributed by atoms with Crippen molar-refractivity contribution >= 4 is 34.2 Å². The first-order valence-corrected chi connectivity index (χ1v) is 8.96. The number of thiophene rings is 1. The first-order chi connectivity index (χ1) is 12.6. The molecule has 1 amide bonds. The maximum atomic E-state index is 13.0. The lowest BCUT2D eigenvalue weighted by Crippen LogP contribution is -2.43. The second kappa shape index (κ2) is 6.42. The van der Waals surface area contributed by atoms with Gasteiger partial charge in [0.1, 0.15) is 5.58 Å². The van der Waals surface area contributed by atoms with Crippen LogP contribution < -0.4 is 5.43 Å². The van der Waals surface area contributed by atoms with E-state index in [9.17, 15) is 14.4 Å². The smallest absolute Gasteiger partial charge is 0.333 e. The summed E-state index contributed by atoms with van der Waals surface area (Å²) >= 11 is 1.55. The molecule has 1 aliphatic rings. The quantitative estimate of drug-likeness (QED) is 0.649. The van der Waals surface area contributed by atoms with E-state index in [1.807, 2.05) is 11.4 Å². The Kier molecular flexibility index (Phi) is 4.08. The first-order valence-electron chi connectivity index (χ1n) is 8.08. The third-order valence-corrected chi connectivity index (χ3v) is 5.49. The van der Waals surface area contributed by atoms with Crippen molar-refractivity contribution in [2.75, 3.05) is 13.7 Å². The Bertz CT molecular complexity index is 1070. The summed E-state index contributed by atoms with van der Waals surface area (Å²) in [6.07, 6.45) is 0.643. The van der Waals surface area contributed by atoms with E-state index in [-0.39, 0.29) is 11.2 Å². The Hall–Kier alpha value is -2.93. The van der Waals surface area contributed by atoms with Crippen molar-refractivity contribution in [1.29, 1.82) is 0 Å². The van der Waals surface area contributed by atoms with Crippen LogP contribution in [0.1, 0.15) is 27.0 Å². The normalized spacial score (nSPS) is 16.3. The van der Waals surface area contributed by atoms with Gasteiger partial charge >= 0.3 is 5.97 Å². The van der Waals surface area contributed by atoms with E-state index >= 15 is 0 Å². The van der Waals surface area contributed by atoms with Crippen LogP contribution in [0.5, 0.6) is 0 Å². The van der Waals surface area contributed by atoms with E-state index in [4.69, 9.17) is 9.15 Å². The van der Waals surface area contributed by atoms with Gasteiger partial charge in [-0.05, 0) is 35.6 Å². The molecule has 0 unspecified atom stereocenters. The molecular formula is C19H15NO5S. The summed E-state index contributed by atoms with van der Waals surface area (Å²) < 4.78 is 10.6. The zero-order chi connectivity index (χ0) is 18.3. The highest BCUT2D eigenvalue weighted by atomic mass is 32.1. The van der Waals surface area contributed by atoms with E-state index in [2.05, 4.69) is 0 Å². The van der Waals surface area contributed by atoms with Crippen LogP contribution in [0.4, 0.5) is 0 Å². The van der Waals surface area contributed by atoms with Gasteiger partial charge in [0.15, 0.2) is 17.2 Å². The number of ether oxygens (including phenoxy) is 1. The predicted molar refractivity (Wildman–Crippen MR) is 96.3 cm³/mol. The van der Waals surface area contributed by atoms with Crippen molar-refractivity contribution in [2.24, 2.45) is 0 Å². The molecule has 26 heavy (non-hydrogen) atoms. The molecule has 0 bridgehead atoms. The van der Waals surface area contributed by atoms with Gasteiger partial charge in [-0.15, -0.1) is 11.3 Å². The number of rotatable bonds is 2. The SMILES string of the molecule is COC(=O)[C@H]1c2ccsc2CCN1C(=O)c1cc(=O)c2ccccc2o1. The number of hydrogen-bond acceptors (Lipinski definition) is 6. The maximum Gasteiger partial charge on any atom is 0.333 e. The van der Waals surface area contributed by atoms with E-state index < -0.39 is 17.9 Å². The number of nitrogens with zero attached hydrogens (tertiary/aromatic N) is 1. The average molecular weight is 369 g/mol. The van der Waals surface area contributed by atoms with Gasteiger partial charge in [0.05, 0.1) is 12.5 Å². The molecule has 1 aliphatic heterocycles. The fourth-order valence-corrected chi connectivity index (χ4v) is 4.16. The molecule has 3 heterocycles. The summed E-state index contributed by atoms with van der Waals surface area (Å²) in [5.41, 5.74) is 0.814. The zero-order valence-electron chi connectivity index (χ0n) is 13.9. The topological polar surface area (TPSA) is 76.8 Å². The Morgan fingerprint density at radius 3 is 2.88 bits per heavy atom. The average Bonchev–Trinajstić information content (AvgIpc) is 3.14. The summed E-state index contributed by atoms with van der Waals surface area (Å²) in [4.78, 5) is 40.2. The lowest BCUT2D eigenvalue weighted by atomic mass is 9.99. The summed E-state index contributed by atoms with van der Waals surface area (Å²) in [6.45, 7) is 0.350. The minimum Gasteiger partial charge on any atom is -0.467 e. The van der Waals surface area contributed by atoms with Gasteiger partial charge < -0.3 is 14.1 Å². The molecule has 0 aliphatic carbocycles. The van der Waals surface area contributed by atoms with Crippen molar-refractivity contribution in [3.05, 3.63) is 68.2 Å². The van der Waals surface area contributed by atoms with Gasteiger partial charge in [0.2, 0.25) is 0 Å². The second-order valence-corrected chi connectivity index (χ2v) is 6.95. The van der Waals surface area contributed by atoms with Gasteiger partial charge in [-0.25, -0.2) is 4.79 Å². The number of carbonyl (C=O) groups excluding carboxylic acids is 2. The Morgan fingerprint density at radius 1 is 1.27 bits per heavy atom. The lowest BCUT2D eigenvalue weighted by molar-refractivity contribution is -0.146. The first kappa shape index (κ1) is 16.5. The highest BCUT2D eigenvalue weighted by Gasteiger charge is 2.38. The Morgan fingerprint density at radius 2 is 2.08 bits per heavy atom. The number of esters is 1. The van der Waals surface area contributed by atoms with Crippen LogP contribution in [0.15, 0.2) is 51.0 Å². The lowest BCUT2D eigenvalue weighted by Gasteiger charge is -2.33. The van der Waals surface area contributed by atoms with Gasteiger partial charge in [0.25, 0.3) is 5.91 Å². The molecular weight excluding hydrogens is 354 g/mol. The van der Waals surface area contributed by atoms with Crippen LogP contribution in [0.25, 0.3) is 11.0 Å². The fraction of sp³-hybridized carbons (Fsp3) is 0.211. The van der Waals surface area contributed by atoms with Crippen LogP contribution in [-0.4, -0.2) is 30.4 Å². The van der Waals surface area contributed by atoms with Gasteiger partial charge in [-0.1, -0.05) is 12.1 Å². The largest absolute Gasteiger partial charge is 0.467 e. The molecule has 6 nitrogen and oxygen atoms in total. The van der Waals surface area contributed by atoms with E-state index in [0.717, 1.165) is 10.4 Å². The molecule has 3 aromatic rings. The maximum absolute atomic E-state index is 13.0. The number of para-hydroxylation sites is 1. The molecule has 7 heteroatoms. The molecule has 0 fully saturated rings. The minimum absolute atomic E-state index is 0.0821. The molecule has 0 radical (unpaired) electrons. The third-order valence-electron chi connectivity index (χ3n) is 4.50. The van der Waals surface area contributed by atoms with Gasteiger partial charge in [0, 0.05) is 17.5 Å².